The lowest BCUT2D eigenvalue weighted by Crippen LogP contribution is -2.44. The molecule has 1 aliphatic rings. The van der Waals surface area contributed by atoms with Crippen LogP contribution in [-0.4, -0.2) is 43.0 Å². The van der Waals surface area contributed by atoms with E-state index in [-0.39, 0.29) is 6.02 Å². The highest BCUT2D eigenvalue weighted by Gasteiger charge is 2.29. The van der Waals surface area contributed by atoms with E-state index in [0.29, 0.717) is 24.7 Å². The number of nitrogens with zero attached hydrogens (tertiary/aromatic N) is 2. The SMILES string of the molecule is COc1ccc(C[N+]2=C(O)N(c3ccc(OCc4ccccc4)c(C)c3)CCC2)cc1OC. The van der Waals surface area contributed by atoms with Crippen molar-refractivity contribution in [3.05, 3.63) is 83.4 Å². The molecule has 33 heavy (non-hydrogen) atoms. The number of rotatable bonds is 8. The van der Waals surface area contributed by atoms with Crippen molar-refractivity contribution >= 4 is 11.7 Å². The number of aliphatic hydroxyl groups excluding tert-OH is 1. The molecule has 1 aliphatic heterocycles. The van der Waals surface area contributed by atoms with Crippen molar-refractivity contribution in [3.8, 4) is 17.2 Å². The Kier molecular flexibility index (Phi) is 7.03. The second-order valence-corrected chi connectivity index (χ2v) is 8.14. The Morgan fingerprint density at radius 2 is 1.64 bits per heavy atom. The maximum Gasteiger partial charge on any atom is 0.449 e. The molecule has 1 heterocycles. The highest BCUT2D eigenvalue weighted by atomic mass is 16.5. The van der Waals surface area contributed by atoms with Crippen LogP contribution in [0.5, 0.6) is 17.2 Å². The van der Waals surface area contributed by atoms with E-state index >= 15 is 0 Å². The molecule has 0 radical (unpaired) electrons. The molecule has 3 aromatic rings. The van der Waals surface area contributed by atoms with Gasteiger partial charge >= 0.3 is 6.02 Å². The first kappa shape index (κ1) is 22.5. The molecule has 0 fully saturated rings. The predicted octanol–water partition coefficient (Wildman–Crippen LogP) is 4.93. The van der Waals surface area contributed by atoms with Crippen molar-refractivity contribution < 1.29 is 23.9 Å². The zero-order valence-corrected chi connectivity index (χ0v) is 19.5. The molecular formula is C27H31N2O4+. The Labute approximate surface area is 195 Å². The molecule has 0 unspecified atom stereocenters. The van der Waals surface area contributed by atoms with Crippen LogP contribution >= 0.6 is 0 Å². The van der Waals surface area contributed by atoms with Crippen LogP contribution < -0.4 is 19.1 Å². The van der Waals surface area contributed by atoms with E-state index in [1.807, 2.05) is 64.9 Å². The van der Waals surface area contributed by atoms with Gasteiger partial charge in [-0.25, -0.2) is 4.58 Å². The van der Waals surface area contributed by atoms with Gasteiger partial charge < -0.3 is 19.3 Å². The maximum atomic E-state index is 11.1. The molecule has 6 heteroatoms. The first-order chi connectivity index (χ1) is 16.1. The smallest absolute Gasteiger partial charge is 0.449 e. The lowest BCUT2D eigenvalue weighted by molar-refractivity contribution is -0.555. The number of anilines is 1. The minimum Gasteiger partial charge on any atom is -0.493 e. The molecule has 0 aliphatic carbocycles. The minimum absolute atomic E-state index is 0.258. The van der Waals surface area contributed by atoms with E-state index in [1.54, 1.807) is 14.2 Å². The van der Waals surface area contributed by atoms with Gasteiger partial charge in [-0.05, 0) is 53.9 Å². The third kappa shape index (κ3) is 5.22. The predicted molar refractivity (Wildman–Crippen MR) is 130 cm³/mol. The number of methoxy groups -OCH3 is 2. The summed E-state index contributed by atoms with van der Waals surface area (Å²) in [7, 11) is 3.25. The number of aryl methyl sites for hydroxylation is 1. The fourth-order valence-electron chi connectivity index (χ4n) is 4.08. The molecule has 0 bridgehead atoms. The first-order valence-electron chi connectivity index (χ1n) is 11.2. The Morgan fingerprint density at radius 1 is 0.879 bits per heavy atom. The molecule has 0 spiro atoms. The molecule has 0 amide bonds. The molecule has 6 nitrogen and oxygen atoms in total. The van der Waals surface area contributed by atoms with Crippen molar-refractivity contribution in [3.63, 3.8) is 0 Å². The summed E-state index contributed by atoms with van der Waals surface area (Å²) in [5.74, 6) is 2.23. The monoisotopic (exact) mass is 447 g/mol. The summed E-state index contributed by atoms with van der Waals surface area (Å²) in [6, 6.07) is 22.3. The lowest BCUT2D eigenvalue weighted by atomic mass is 10.1. The number of benzene rings is 3. The van der Waals surface area contributed by atoms with Gasteiger partial charge in [0.05, 0.1) is 27.3 Å². The van der Waals surface area contributed by atoms with E-state index in [0.717, 1.165) is 47.6 Å². The maximum absolute atomic E-state index is 11.1. The summed E-state index contributed by atoms with van der Waals surface area (Å²) < 4.78 is 18.7. The van der Waals surface area contributed by atoms with Crippen molar-refractivity contribution in [1.29, 1.82) is 0 Å². The fourth-order valence-corrected chi connectivity index (χ4v) is 4.08. The number of aliphatic hydroxyl groups is 1. The highest BCUT2D eigenvalue weighted by molar-refractivity contribution is 5.87. The minimum atomic E-state index is 0.258. The Hall–Kier alpha value is -3.67. The third-order valence-electron chi connectivity index (χ3n) is 5.86. The molecule has 0 saturated carbocycles. The molecule has 0 atom stereocenters. The number of hydrogen-bond donors (Lipinski definition) is 1. The Balaban J connectivity index is 1.50. The zero-order valence-electron chi connectivity index (χ0n) is 19.5. The Morgan fingerprint density at radius 3 is 2.36 bits per heavy atom. The van der Waals surface area contributed by atoms with Gasteiger partial charge in [-0.2, -0.15) is 4.90 Å². The van der Waals surface area contributed by atoms with Gasteiger partial charge in [0.25, 0.3) is 0 Å². The van der Waals surface area contributed by atoms with Gasteiger partial charge in [0.15, 0.2) is 11.5 Å². The van der Waals surface area contributed by atoms with Gasteiger partial charge in [0.1, 0.15) is 24.6 Å². The van der Waals surface area contributed by atoms with Crippen molar-refractivity contribution in [1.82, 2.24) is 0 Å². The highest BCUT2D eigenvalue weighted by Crippen LogP contribution is 2.29. The first-order valence-corrected chi connectivity index (χ1v) is 11.2. The summed E-state index contributed by atoms with van der Waals surface area (Å²) >= 11 is 0. The van der Waals surface area contributed by atoms with Crippen LogP contribution in [0.15, 0.2) is 66.7 Å². The molecular weight excluding hydrogens is 416 g/mol. The summed E-state index contributed by atoms with van der Waals surface area (Å²) in [6.07, 6.45) is 0.947. The summed E-state index contributed by atoms with van der Waals surface area (Å²) in [4.78, 5) is 1.96. The molecule has 172 valence electrons. The van der Waals surface area contributed by atoms with Crippen LogP contribution in [0.1, 0.15) is 23.1 Å². The van der Waals surface area contributed by atoms with E-state index in [2.05, 4.69) is 18.2 Å². The van der Waals surface area contributed by atoms with E-state index in [4.69, 9.17) is 14.2 Å². The average Bonchev–Trinajstić information content (AvgIpc) is 2.85. The van der Waals surface area contributed by atoms with Gasteiger partial charge in [0.2, 0.25) is 0 Å². The summed E-state index contributed by atoms with van der Waals surface area (Å²) in [5, 5.41) is 11.1. The van der Waals surface area contributed by atoms with Crippen molar-refractivity contribution in [2.75, 3.05) is 32.2 Å². The quantitative estimate of drug-likeness (QED) is 0.497. The Bertz CT molecular complexity index is 1130. The fraction of sp³-hybridized carbons (Fsp3) is 0.296. The number of amidine groups is 1. The van der Waals surface area contributed by atoms with Crippen LogP contribution in [0.3, 0.4) is 0 Å². The van der Waals surface area contributed by atoms with Gasteiger partial charge in [0, 0.05) is 6.42 Å². The molecule has 0 aromatic heterocycles. The third-order valence-corrected chi connectivity index (χ3v) is 5.86. The van der Waals surface area contributed by atoms with Crippen molar-refractivity contribution in [2.24, 2.45) is 0 Å². The topological polar surface area (TPSA) is 54.2 Å². The van der Waals surface area contributed by atoms with Gasteiger partial charge in [-0.1, -0.05) is 36.4 Å². The second kappa shape index (κ2) is 10.3. The van der Waals surface area contributed by atoms with Gasteiger partial charge in [-0.15, -0.1) is 0 Å². The van der Waals surface area contributed by atoms with Crippen molar-refractivity contribution in [2.45, 2.75) is 26.5 Å². The molecule has 0 saturated heterocycles. The van der Waals surface area contributed by atoms with Crippen LogP contribution in [0.25, 0.3) is 0 Å². The average molecular weight is 448 g/mol. The van der Waals surface area contributed by atoms with E-state index in [1.165, 1.54) is 0 Å². The lowest BCUT2D eigenvalue weighted by Gasteiger charge is -2.23. The molecule has 1 N–H and O–H groups in total. The zero-order chi connectivity index (χ0) is 23.2. The standard InChI is InChI=1S/C27H30N2O4/c1-20-16-23(11-13-24(20)33-19-21-8-5-4-6-9-21)29-15-7-14-28(27(29)30)18-22-10-12-25(31-2)26(17-22)32-3/h4-6,8-13,16-17H,7,14-15,18-19H2,1-3H3/p+1. The number of hydrogen-bond acceptors (Lipinski definition) is 4. The summed E-state index contributed by atoms with van der Waals surface area (Å²) in [5.41, 5.74) is 4.16. The largest absolute Gasteiger partial charge is 0.493 e. The number of ether oxygens (including phenoxy) is 3. The normalized spacial score (nSPS) is 13.7. The van der Waals surface area contributed by atoms with E-state index < -0.39 is 0 Å². The van der Waals surface area contributed by atoms with Crippen LogP contribution in [0.4, 0.5) is 5.69 Å². The van der Waals surface area contributed by atoms with Crippen LogP contribution in [0, 0.1) is 6.92 Å². The van der Waals surface area contributed by atoms with Crippen LogP contribution in [0.2, 0.25) is 0 Å². The van der Waals surface area contributed by atoms with Crippen LogP contribution in [-0.2, 0) is 13.2 Å². The van der Waals surface area contributed by atoms with E-state index in [9.17, 15) is 5.11 Å². The molecule has 3 aromatic carbocycles. The second-order valence-electron chi connectivity index (χ2n) is 8.14. The molecule has 4 rings (SSSR count). The summed E-state index contributed by atoms with van der Waals surface area (Å²) in [6.45, 7) is 4.69. The van der Waals surface area contributed by atoms with Gasteiger partial charge in [-0.3, -0.25) is 0 Å².